The number of nitrogens with two attached hydrogens (primary N) is 1. The van der Waals surface area contributed by atoms with Gasteiger partial charge in [-0.15, -0.1) is 0 Å². The van der Waals surface area contributed by atoms with E-state index in [2.05, 4.69) is 32.6 Å². The molecule has 4 unspecified atom stereocenters. The van der Waals surface area contributed by atoms with Crippen LogP contribution in [0.1, 0.15) is 59.8 Å². The molecule has 0 spiro atoms. The minimum atomic E-state index is 0.316. The molecule has 2 nitrogen and oxygen atoms in total. The van der Waals surface area contributed by atoms with Gasteiger partial charge < -0.3 is 5.73 Å². The van der Waals surface area contributed by atoms with Crippen LogP contribution in [-0.4, -0.2) is 30.1 Å². The van der Waals surface area contributed by atoms with Crippen LogP contribution >= 0.6 is 0 Å². The predicted molar refractivity (Wildman–Crippen MR) is 83.1 cm³/mol. The second kappa shape index (κ2) is 6.13. The van der Waals surface area contributed by atoms with Crippen LogP contribution in [0.5, 0.6) is 0 Å². The van der Waals surface area contributed by atoms with Crippen molar-refractivity contribution in [2.24, 2.45) is 29.4 Å². The summed E-state index contributed by atoms with van der Waals surface area (Å²) >= 11 is 0. The first kappa shape index (κ1) is 15.3. The molecule has 0 aromatic heterocycles. The van der Waals surface area contributed by atoms with Gasteiger partial charge in [-0.3, -0.25) is 4.90 Å². The molecule has 4 atom stereocenters. The van der Waals surface area contributed by atoms with Crippen molar-refractivity contribution in [1.29, 1.82) is 0 Å². The topological polar surface area (TPSA) is 29.3 Å². The molecule has 0 amide bonds. The second-order valence-corrected chi connectivity index (χ2v) is 7.88. The quantitative estimate of drug-likeness (QED) is 0.847. The highest BCUT2D eigenvalue weighted by atomic mass is 15.2. The molecule has 2 N–H and O–H groups in total. The van der Waals surface area contributed by atoms with Crippen LogP contribution in [0.15, 0.2) is 0 Å². The van der Waals surface area contributed by atoms with E-state index in [1.54, 1.807) is 0 Å². The molecule has 1 aliphatic heterocycles. The normalized spacial score (nSPS) is 41.7. The third-order valence-corrected chi connectivity index (χ3v) is 5.72. The summed E-state index contributed by atoms with van der Waals surface area (Å²) in [6.07, 6.45) is 6.84. The molecule has 2 rings (SSSR count). The summed E-state index contributed by atoms with van der Waals surface area (Å²) in [5, 5.41) is 0. The van der Waals surface area contributed by atoms with E-state index in [0.29, 0.717) is 5.54 Å². The summed E-state index contributed by atoms with van der Waals surface area (Å²) in [4.78, 5) is 2.78. The summed E-state index contributed by atoms with van der Waals surface area (Å²) in [6, 6.07) is 0. The van der Waals surface area contributed by atoms with Crippen molar-refractivity contribution < 1.29 is 0 Å². The third-order valence-electron chi connectivity index (χ3n) is 5.72. The highest BCUT2D eigenvalue weighted by Crippen LogP contribution is 2.41. The molecule has 0 radical (unpaired) electrons. The van der Waals surface area contributed by atoms with E-state index in [0.717, 1.165) is 30.2 Å². The third kappa shape index (κ3) is 3.33. The largest absolute Gasteiger partial charge is 0.329 e. The second-order valence-electron chi connectivity index (χ2n) is 7.88. The molecule has 112 valence electrons. The SMILES string of the molecule is CC1CC(C)CN(C2(CN)CCCC(C(C)C)C2)C1. The van der Waals surface area contributed by atoms with Gasteiger partial charge in [-0.1, -0.05) is 40.5 Å². The number of rotatable bonds is 3. The zero-order valence-electron chi connectivity index (χ0n) is 13.5. The molecule has 0 aromatic rings. The van der Waals surface area contributed by atoms with Gasteiger partial charge in [0.2, 0.25) is 0 Å². The Morgan fingerprint density at radius 3 is 2.37 bits per heavy atom. The van der Waals surface area contributed by atoms with Gasteiger partial charge in [0.1, 0.15) is 0 Å². The maximum atomic E-state index is 6.28. The Morgan fingerprint density at radius 2 is 1.84 bits per heavy atom. The summed E-state index contributed by atoms with van der Waals surface area (Å²) in [5.74, 6) is 3.37. The summed E-state index contributed by atoms with van der Waals surface area (Å²) in [6.45, 7) is 13.0. The van der Waals surface area contributed by atoms with Gasteiger partial charge >= 0.3 is 0 Å². The molecule has 0 bridgehead atoms. The highest BCUT2D eigenvalue weighted by Gasteiger charge is 2.42. The first-order valence-corrected chi connectivity index (χ1v) is 8.42. The molecule has 19 heavy (non-hydrogen) atoms. The summed E-state index contributed by atoms with van der Waals surface area (Å²) < 4.78 is 0. The average molecular weight is 266 g/mol. The zero-order chi connectivity index (χ0) is 14.0. The fraction of sp³-hybridized carbons (Fsp3) is 1.00. The fourth-order valence-electron chi connectivity index (χ4n) is 4.61. The maximum Gasteiger partial charge on any atom is 0.0334 e. The van der Waals surface area contributed by atoms with Crippen LogP contribution < -0.4 is 5.73 Å². The molecule has 1 saturated heterocycles. The Bertz CT molecular complexity index is 279. The number of nitrogens with zero attached hydrogens (tertiary/aromatic N) is 1. The van der Waals surface area contributed by atoms with E-state index in [4.69, 9.17) is 5.73 Å². The van der Waals surface area contributed by atoms with Crippen LogP contribution in [0.2, 0.25) is 0 Å². The lowest BCUT2D eigenvalue weighted by atomic mass is 9.70. The van der Waals surface area contributed by atoms with E-state index in [9.17, 15) is 0 Å². The van der Waals surface area contributed by atoms with E-state index in [-0.39, 0.29) is 0 Å². The van der Waals surface area contributed by atoms with Gasteiger partial charge in [0.05, 0.1) is 0 Å². The van der Waals surface area contributed by atoms with Gasteiger partial charge in [-0.05, 0) is 42.9 Å². The smallest absolute Gasteiger partial charge is 0.0334 e. The zero-order valence-corrected chi connectivity index (χ0v) is 13.5. The van der Waals surface area contributed by atoms with Crippen molar-refractivity contribution in [3.05, 3.63) is 0 Å². The molecular formula is C17H34N2. The van der Waals surface area contributed by atoms with Crippen LogP contribution in [-0.2, 0) is 0 Å². The molecule has 1 aliphatic carbocycles. The van der Waals surface area contributed by atoms with Crippen LogP contribution in [0.4, 0.5) is 0 Å². The van der Waals surface area contributed by atoms with Crippen molar-refractivity contribution >= 4 is 0 Å². The fourth-order valence-corrected chi connectivity index (χ4v) is 4.61. The first-order valence-electron chi connectivity index (χ1n) is 8.42. The van der Waals surface area contributed by atoms with E-state index >= 15 is 0 Å². The summed E-state index contributed by atoms with van der Waals surface area (Å²) in [7, 11) is 0. The number of piperidine rings is 1. The van der Waals surface area contributed by atoms with Crippen molar-refractivity contribution in [1.82, 2.24) is 4.90 Å². The Balaban J connectivity index is 2.12. The van der Waals surface area contributed by atoms with Gasteiger partial charge in [-0.2, -0.15) is 0 Å². The summed E-state index contributed by atoms with van der Waals surface area (Å²) in [5.41, 5.74) is 6.60. The molecule has 0 aromatic carbocycles. The van der Waals surface area contributed by atoms with E-state index in [1.165, 1.54) is 45.2 Å². The average Bonchev–Trinajstić information content (AvgIpc) is 2.37. The minimum Gasteiger partial charge on any atom is -0.329 e. The lowest BCUT2D eigenvalue weighted by molar-refractivity contribution is -0.0153. The first-order chi connectivity index (χ1) is 8.97. The van der Waals surface area contributed by atoms with Gasteiger partial charge in [0.15, 0.2) is 0 Å². The van der Waals surface area contributed by atoms with Crippen LogP contribution in [0.3, 0.4) is 0 Å². The molecule has 2 heteroatoms. The van der Waals surface area contributed by atoms with Crippen LogP contribution in [0.25, 0.3) is 0 Å². The minimum absolute atomic E-state index is 0.316. The van der Waals surface area contributed by atoms with Crippen molar-refractivity contribution in [2.45, 2.75) is 65.3 Å². The van der Waals surface area contributed by atoms with Crippen molar-refractivity contribution in [3.63, 3.8) is 0 Å². The van der Waals surface area contributed by atoms with Gasteiger partial charge in [0, 0.05) is 25.2 Å². The Kier molecular flexibility index (Phi) is 4.94. The number of likely N-dealkylation sites (tertiary alicyclic amines) is 1. The highest BCUT2D eigenvalue weighted by molar-refractivity contribution is 4.99. The maximum absolute atomic E-state index is 6.28. The Morgan fingerprint density at radius 1 is 1.21 bits per heavy atom. The Labute approximate surface area is 120 Å². The van der Waals surface area contributed by atoms with Crippen molar-refractivity contribution in [3.8, 4) is 0 Å². The van der Waals surface area contributed by atoms with E-state index < -0.39 is 0 Å². The molecule has 2 fully saturated rings. The Hall–Kier alpha value is -0.0800. The predicted octanol–water partition coefficient (Wildman–Crippen LogP) is 3.51. The van der Waals surface area contributed by atoms with Crippen molar-refractivity contribution in [2.75, 3.05) is 19.6 Å². The van der Waals surface area contributed by atoms with Gasteiger partial charge in [-0.25, -0.2) is 0 Å². The molecule has 1 heterocycles. The van der Waals surface area contributed by atoms with Gasteiger partial charge in [0.25, 0.3) is 0 Å². The molecular weight excluding hydrogens is 232 g/mol. The van der Waals surface area contributed by atoms with E-state index in [1.807, 2.05) is 0 Å². The lowest BCUT2D eigenvalue weighted by Gasteiger charge is -2.52. The number of hydrogen-bond acceptors (Lipinski definition) is 2. The monoisotopic (exact) mass is 266 g/mol. The number of hydrogen-bond donors (Lipinski definition) is 1. The standard InChI is InChI=1S/C17H34N2/c1-13(2)16-6-5-7-17(9-16,12-18)19-10-14(3)8-15(4)11-19/h13-16H,5-12,18H2,1-4H3. The lowest BCUT2D eigenvalue weighted by Crippen LogP contribution is -2.60. The molecule has 1 saturated carbocycles. The van der Waals surface area contributed by atoms with Crippen LogP contribution in [0, 0.1) is 23.7 Å². The molecule has 2 aliphatic rings.